The molecule has 0 spiro atoms. The number of methoxy groups -OCH3 is 1. The summed E-state index contributed by atoms with van der Waals surface area (Å²) >= 11 is 1.42. The molecule has 2 heterocycles. The van der Waals surface area contributed by atoms with Crippen LogP contribution >= 0.6 is 11.5 Å². The number of anilines is 2. The lowest BCUT2D eigenvalue weighted by atomic mass is 10.1. The van der Waals surface area contributed by atoms with E-state index in [0.717, 1.165) is 37.0 Å². The van der Waals surface area contributed by atoms with Crippen molar-refractivity contribution in [3.63, 3.8) is 0 Å². The number of piperidine rings is 1. The van der Waals surface area contributed by atoms with Crippen molar-refractivity contribution in [3.05, 3.63) is 35.7 Å². The first-order valence-electron chi connectivity index (χ1n) is 8.25. The maximum atomic E-state index is 5.07. The zero-order chi connectivity index (χ0) is 15.9. The van der Waals surface area contributed by atoms with Crippen LogP contribution in [0.3, 0.4) is 0 Å². The van der Waals surface area contributed by atoms with Crippen molar-refractivity contribution in [2.45, 2.75) is 32.2 Å². The summed E-state index contributed by atoms with van der Waals surface area (Å²) in [4.78, 5) is 7.01. The first-order chi connectivity index (χ1) is 11.4. The number of benzene rings is 1. The highest BCUT2D eigenvalue weighted by molar-refractivity contribution is 7.09. The molecule has 5 nitrogen and oxygen atoms in total. The Bertz CT molecular complexity index is 610. The van der Waals surface area contributed by atoms with Crippen molar-refractivity contribution in [2.24, 2.45) is 0 Å². The fraction of sp³-hybridized carbons (Fsp3) is 0.529. The molecule has 1 fully saturated rings. The molecule has 0 amide bonds. The number of ether oxygens (including phenoxy) is 1. The molecule has 6 heteroatoms. The molecule has 1 N–H and O–H groups in total. The second-order valence-electron chi connectivity index (χ2n) is 5.79. The third kappa shape index (κ3) is 4.42. The Balaban J connectivity index is 1.62. The Hall–Kier alpha value is -1.66. The lowest BCUT2D eigenvalue weighted by molar-refractivity contribution is 0.201. The van der Waals surface area contributed by atoms with Crippen LogP contribution < -0.4 is 10.2 Å². The van der Waals surface area contributed by atoms with Crippen LogP contribution in [0.4, 0.5) is 10.8 Å². The molecule has 0 bridgehead atoms. The molecule has 1 aliphatic heterocycles. The summed E-state index contributed by atoms with van der Waals surface area (Å²) in [6, 6.07) is 8.66. The lowest BCUT2D eigenvalue weighted by Crippen LogP contribution is -2.30. The van der Waals surface area contributed by atoms with E-state index in [0.29, 0.717) is 6.61 Å². The molecule has 2 aromatic rings. The van der Waals surface area contributed by atoms with Gasteiger partial charge in [0.15, 0.2) is 0 Å². The van der Waals surface area contributed by atoms with Crippen molar-refractivity contribution >= 4 is 22.4 Å². The first-order valence-corrected chi connectivity index (χ1v) is 9.02. The Labute approximate surface area is 141 Å². The smallest absolute Gasteiger partial charge is 0.202 e. The molecule has 0 radical (unpaired) electrons. The maximum absolute atomic E-state index is 5.07. The average molecular weight is 332 g/mol. The lowest BCUT2D eigenvalue weighted by Gasteiger charge is -2.30. The molecular weight excluding hydrogens is 308 g/mol. The molecule has 1 aromatic carbocycles. The van der Waals surface area contributed by atoms with E-state index < -0.39 is 0 Å². The van der Waals surface area contributed by atoms with E-state index in [1.807, 2.05) is 0 Å². The van der Waals surface area contributed by atoms with Gasteiger partial charge < -0.3 is 15.0 Å². The number of rotatable bonds is 7. The van der Waals surface area contributed by atoms with Gasteiger partial charge >= 0.3 is 0 Å². The topological polar surface area (TPSA) is 50.3 Å². The van der Waals surface area contributed by atoms with E-state index >= 15 is 0 Å². The molecular formula is C17H24N4OS. The van der Waals surface area contributed by atoms with E-state index in [-0.39, 0.29) is 0 Å². The number of aromatic nitrogens is 2. The summed E-state index contributed by atoms with van der Waals surface area (Å²) in [5.41, 5.74) is 2.67. The van der Waals surface area contributed by atoms with E-state index in [1.165, 1.54) is 42.0 Å². The summed E-state index contributed by atoms with van der Waals surface area (Å²) in [6.45, 7) is 3.77. The van der Waals surface area contributed by atoms with E-state index in [4.69, 9.17) is 4.74 Å². The third-order valence-electron chi connectivity index (χ3n) is 4.12. The van der Waals surface area contributed by atoms with Crippen LogP contribution in [0.15, 0.2) is 24.3 Å². The highest BCUT2D eigenvalue weighted by atomic mass is 32.1. The van der Waals surface area contributed by atoms with Crippen molar-refractivity contribution in [1.29, 1.82) is 0 Å². The number of hydrogen-bond donors (Lipinski definition) is 1. The van der Waals surface area contributed by atoms with Gasteiger partial charge in [-0.2, -0.15) is 4.37 Å². The number of para-hydroxylation sites is 1. The molecule has 0 atom stereocenters. The van der Waals surface area contributed by atoms with Gasteiger partial charge in [-0.25, -0.2) is 4.98 Å². The molecule has 124 valence electrons. The van der Waals surface area contributed by atoms with Gasteiger partial charge in [0.2, 0.25) is 5.13 Å². The predicted molar refractivity (Wildman–Crippen MR) is 95.3 cm³/mol. The van der Waals surface area contributed by atoms with Gasteiger partial charge in [0.25, 0.3) is 0 Å². The minimum Gasteiger partial charge on any atom is -0.384 e. The van der Waals surface area contributed by atoms with Crippen molar-refractivity contribution in [2.75, 3.05) is 37.0 Å². The summed E-state index contributed by atoms with van der Waals surface area (Å²) in [5, 5.41) is 4.29. The van der Waals surface area contributed by atoms with Crippen molar-refractivity contribution in [1.82, 2.24) is 9.36 Å². The van der Waals surface area contributed by atoms with Crippen LogP contribution in [-0.2, 0) is 17.7 Å². The van der Waals surface area contributed by atoms with Crippen LogP contribution in [0.5, 0.6) is 0 Å². The average Bonchev–Trinajstić information content (AvgIpc) is 3.07. The zero-order valence-electron chi connectivity index (χ0n) is 13.6. The Morgan fingerprint density at radius 3 is 2.87 bits per heavy atom. The largest absolute Gasteiger partial charge is 0.384 e. The van der Waals surface area contributed by atoms with Crippen molar-refractivity contribution < 1.29 is 4.74 Å². The fourth-order valence-electron chi connectivity index (χ4n) is 2.90. The van der Waals surface area contributed by atoms with Crippen LogP contribution in [0.1, 0.15) is 30.7 Å². The molecule has 0 saturated carbocycles. The van der Waals surface area contributed by atoms with Gasteiger partial charge in [-0.15, -0.1) is 0 Å². The molecule has 23 heavy (non-hydrogen) atoms. The van der Waals surface area contributed by atoms with Crippen LogP contribution in [0.25, 0.3) is 0 Å². The number of nitrogens with one attached hydrogen (secondary N) is 1. The SMILES string of the molecule is COCCc1nsc(NCc2ccccc2N2CCCCC2)n1. The quantitative estimate of drug-likeness (QED) is 0.843. The van der Waals surface area contributed by atoms with Gasteiger partial charge in [0.05, 0.1) is 6.61 Å². The second-order valence-corrected chi connectivity index (χ2v) is 6.54. The summed E-state index contributed by atoms with van der Waals surface area (Å²) in [5.74, 6) is 0.851. The summed E-state index contributed by atoms with van der Waals surface area (Å²) in [6.07, 6.45) is 4.70. The molecule has 0 aliphatic carbocycles. The molecule has 1 aromatic heterocycles. The summed E-state index contributed by atoms with van der Waals surface area (Å²) in [7, 11) is 1.70. The standard InChI is InChI=1S/C17H24N4OS/c1-22-12-9-16-19-17(23-20-16)18-13-14-7-3-4-8-15(14)21-10-5-2-6-11-21/h3-4,7-8H,2,5-6,9-13H2,1H3,(H,18,19,20). The number of hydrogen-bond acceptors (Lipinski definition) is 6. The van der Waals surface area contributed by atoms with Gasteiger partial charge in [0.1, 0.15) is 5.82 Å². The van der Waals surface area contributed by atoms with Crippen LogP contribution in [-0.4, -0.2) is 36.2 Å². The van der Waals surface area contributed by atoms with Crippen molar-refractivity contribution in [3.8, 4) is 0 Å². The maximum Gasteiger partial charge on any atom is 0.202 e. The molecule has 3 rings (SSSR count). The minimum atomic E-state index is 0.661. The van der Waals surface area contributed by atoms with Gasteiger partial charge in [-0.3, -0.25) is 0 Å². The molecule has 0 unspecified atom stereocenters. The highest BCUT2D eigenvalue weighted by Crippen LogP contribution is 2.25. The third-order valence-corrected chi connectivity index (χ3v) is 4.83. The minimum absolute atomic E-state index is 0.661. The van der Waals surface area contributed by atoms with Gasteiger partial charge in [0, 0.05) is 50.4 Å². The van der Waals surface area contributed by atoms with E-state index in [2.05, 4.69) is 43.8 Å². The Morgan fingerprint density at radius 1 is 1.22 bits per heavy atom. The Morgan fingerprint density at radius 2 is 2.04 bits per heavy atom. The van der Waals surface area contributed by atoms with Crippen LogP contribution in [0, 0.1) is 0 Å². The van der Waals surface area contributed by atoms with Crippen LogP contribution in [0.2, 0.25) is 0 Å². The fourth-order valence-corrected chi connectivity index (χ4v) is 3.50. The first kappa shape index (κ1) is 16.2. The Kier molecular flexibility index (Phi) is 5.82. The summed E-state index contributed by atoms with van der Waals surface area (Å²) < 4.78 is 9.42. The predicted octanol–water partition coefficient (Wildman–Crippen LogP) is 3.33. The monoisotopic (exact) mass is 332 g/mol. The van der Waals surface area contributed by atoms with Gasteiger partial charge in [-0.05, 0) is 30.9 Å². The normalized spacial score (nSPS) is 14.9. The van der Waals surface area contributed by atoms with E-state index in [9.17, 15) is 0 Å². The second kappa shape index (κ2) is 8.26. The van der Waals surface area contributed by atoms with Gasteiger partial charge in [-0.1, -0.05) is 18.2 Å². The highest BCUT2D eigenvalue weighted by Gasteiger charge is 2.14. The molecule has 1 saturated heterocycles. The number of nitrogens with zero attached hydrogens (tertiary/aromatic N) is 3. The zero-order valence-corrected chi connectivity index (χ0v) is 14.4. The molecule has 1 aliphatic rings. The van der Waals surface area contributed by atoms with E-state index in [1.54, 1.807) is 7.11 Å².